The molecule has 4 heteroatoms. The van der Waals surface area contributed by atoms with Crippen LogP contribution in [0.15, 0.2) is 30.6 Å². The van der Waals surface area contributed by atoms with Gasteiger partial charge in [0.1, 0.15) is 6.33 Å². The highest BCUT2D eigenvalue weighted by Gasteiger charge is 2.06. The van der Waals surface area contributed by atoms with Crippen molar-refractivity contribution in [3.63, 3.8) is 0 Å². The SMILES string of the molecule is CCc1ccccc1-n1cnnc1Cl. The predicted octanol–water partition coefficient (Wildman–Crippen LogP) is 2.48. The van der Waals surface area contributed by atoms with Crippen LogP contribution in [0.3, 0.4) is 0 Å². The highest BCUT2D eigenvalue weighted by atomic mass is 35.5. The average Bonchev–Trinajstić information content (AvgIpc) is 2.64. The third kappa shape index (κ3) is 1.51. The lowest BCUT2D eigenvalue weighted by molar-refractivity contribution is 1.00. The first-order chi connectivity index (χ1) is 6.83. The van der Waals surface area contributed by atoms with Crippen molar-refractivity contribution in [2.45, 2.75) is 13.3 Å². The number of hydrogen-bond donors (Lipinski definition) is 0. The molecule has 0 radical (unpaired) electrons. The molecule has 2 rings (SSSR count). The number of aromatic nitrogens is 3. The van der Waals surface area contributed by atoms with Crippen molar-refractivity contribution in [3.8, 4) is 5.69 Å². The molecule has 0 aliphatic rings. The lowest BCUT2D eigenvalue weighted by Gasteiger charge is -2.07. The zero-order valence-electron chi connectivity index (χ0n) is 7.81. The third-order valence-corrected chi connectivity index (χ3v) is 2.40. The van der Waals surface area contributed by atoms with E-state index in [1.807, 2.05) is 18.2 Å². The van der Waals surface area contributed by atoms with Gasteiger partial charge in [-0.1, -0.05) is 25.1 Å². The molecule has 0 saturated heterocycles. The van der Waals surface area contributed by atoms with Crippen molar-refractivity contribution in [2.75, 3.05) is 0 Å². The van der Waals surface area contributed by atoms with E-state index in [0.29, 0.717) is 5.28 Å². The van der Waals surface area contributed by atoms with Gasteiger partial charge in [-0.25, -0.2) is 0 Å². The molecule has 0 spiro atoms. The van der Waals surface area contributed by atoms with Gasteiger partial charge in [-0.05, 0) is 29.7 Å². The average molecular weight is 208 g/mol. The van der Waals surface area contributed by atoms with Crippen molar-refractivity contribution in [1.82, 2.24) is 14.8 Å². The maximum Gasteiger partial charge on any atom is 0.229 e. The van der Waals surface area contributed by atoms with Crippen LogP contribution in [0.2, 0.25) is 5.28 Å². The van der Waals surface area contributed by atoms with Gasteiger partial charge in [0.05, 0.1) is 5.69 Å². The molecule has 0 bridgehead atoms. The highest BCUT2D eigenvalue weighted by molar-refractivity contribution is 6.28. The fourth-order valence-corrected chi connectivity index (χ4v) is 1.61. The lowest BCUT2D eigenvalue weighted by atomic mass is 10.1. The van der Waals surface area contributed by atoms with Gasteiger partial charge in [-0.2, -0.15) is 0 Å². The van der Waals surface area contributed by atoms with Crippen LogP contribution < -0.4 is 0 Å². The summed E-state index contributed by atoms with van der Waals surface area (Å²) in [4.78, 5) is 0. The molecule has 1 heterocycles. The van der Waals surface area contributed by atoms with Gasteiger partial charge in [-0.15, -0.1) is 10.2 Å². The summed E-state index contributed by atoms with van der Waals surface area (Å²) in [6, 6.07) is 8.07. The summed E-state index contributed by atoms with van der Waals surface area (Å²) in [5.74, 6) is 0. The fourth-order valence-electron chi connectivity index (χ4n) is 1.43. The van der Waals surface area contributed by atoms with Gasteiger partial charge < -0.3 is 0 Å². The number of aryl methyl sites for hydroxylation is 1. The second-order valence-electron chi connectivity index (χ2n) is 2.95. The van der Waals surface area contributed by atoms with E-state index in [9.17, 15) is 0 Å². The number of hydrogen-bond acceptors (Lipinski definition) is 2. The first-order valence-electron chi connectivity index (χ1n) is 4.46. The van der Waals surface area contributed by atoms with E-state index in [1.54, 1.807) is 10.9 Å². The molecule has 14 heavy (non-hydrogen) atoms. The minimum atomic E-state index is 0.394. The summed E-state index contributed by atoms with van der Waals surface area (Å²) in [6.07, 6.45) is 2.58. The number of nitrogens with zero attached hydrogens (tertiary/aromatic N) is 3. The first-order valence-corrected chi connectivity index (χ1v) is 4.84. The second kappa shape index (κ2) is 3.80. The van der Waals surface area contributed by atoms with E-state index < -0.39 is 0 Å². The van der Waals surface area contributed by atoms with E-state index in [1.165, 1.54) is 5.56 Å². The molecule has 0 aliphatic heterocycles. The molecule has 1 aromatic carbocycles. The topological polar surface area (TPSA) is 30.7 Å². The Morgan fingerprint density at radius 1 is 1.36 bits per heavy atom. The summed E-state index contributed by atoms with van der Waals surface area (Å²) in [5, 5.41) is 7.90. The summed E-state index contributed by atoms with van der Waals surface area (Å²) in [7, 11) is 0. The van der Waals surface area contributed by atoms with Crippen molar-refractivity contribution >= 4 is 11.6 Å². The number of halogens is 1. The quantitative estimate of drug-likeness (QED) is 0.758. The molecule has 0 unspecified atom stereocenters. The Bertz CT molecular complexity index is 436. The highest BCUT2D eigenvalue weighted by Crippen LogP contribution is 2.18. The van der Waals surface area contributed by atoms with Gasteiger partial charge in [0.15, 0.2) is 0 Å². The van der Waals surface area contributed by atoms with Crippen molar-refractivity contribution in [3.05, 3.63) is 41.4 Å². The molecular weight excluding hydrogens is 198 g/mol. The van der Waals surface area contributed by atoms with Gasteiger partial charge in [0.2, 0.25) is 5.28 Å². The Balaban J connectivity index is 2.56. The van der Waals surface area contributed by atoms with Crippen LogP contribution in [0, 0.1) is 0 Å². The van der Waals surface area contributed by atoms with Crippen LogP contribution >= 0.6 is 11.6 Å². The van der Waals surface area contributed by atoms with Crippen LogP contribution in [-0.2, 0) is 6.42 Å². The predicted molar refractivity (Wildman–Crippen MR) is 55.7 cm³/mol. The van der Waals surface area contributed by atoms with Crippen LogP contribution in [0.5, 0.6) is 0 Å². The molecule has 0 saturated carbocycles. The van der Waals surface area contributed by atoms with Gasteiger partial charge in [-0.3, -0.25) is 4.57 Å². The lowest BCUT2D eigenvalue weighted by Crippen LogP contribution is -1.97. The monoisotopic (exact) mass is 207 g/mol. The Labute approximate surface area is 87.3 Å². The van der Waals surface area contributed by atoms with Crippen molar-refractivity contribution in [1.29, 1.82) is 0 Å². The maximum atomic E-state index is 5.89. The van der Waals surface area contributed by atoms with Crippen molar-refractivity contribution < 1.29 is 0 Å². The zero-order valence-corrected chi connectivity index (χ0v) is 8.57. The van der Waals surface area contributed by atoms with Crippen LogP contribution in [-0.4, -0.2) is 14.8 Å². The summed E-state index contributed by atoms with van der Waals surface area (Å²) >= 11 is 5.89. The first kappa shape index (κ1) is 9.21. The van der Waals surface area contributed by atoms with E-state index in [2.05, 4.69) is 23.2 Å². The number of rotatable bonds is 2. The van der Waals surface area contributed by atoms with Crippen LogP contribution in [0.25, 0.3) is 5.69 Å². The van der Waals surface area contributed by atoms with Crippen molar-refractivity contribution in [2.24, 2.45) is 0 Å². The minimum Gasteiger partial charge on any atom is -0.272 e. The molecule has 0 N–H and O–H groups in total. The van der Waals surface area contributed by atoms with E-state index in [4.69, 9.17) is 11.6 Å². The smallest absolute Gasteiger partial charge is 0.229 e. The largest absolute Gasteiger partial charge is 0.272 e. The molecule has 1 aromatic heterocycles. The van der Waals surface area contributed by atoms with Gasteiger partial charge in [0, 0.05) is 0 Å². The Morgan fingerprint density at radius 3 is 2.79 bits per heavy atom. The molecule has 72 valence electrons. The molecule has 3 nitrogen and oxygen atoms in total. The minimum absolute atomic E-state index is 0.394. The molecule has 0 fully saturated rings. The summed E-state index contributed by atoms with van der Waals surface area (Å²) in [6.45, 7) is 2.11. The Kier molecular flexibility index (Phi) is 2.50. The molecule has 0 amide bonds. The fraction of sp³-hybridized carbons (Fsp3) is 0.200. The third-order valence-electron chi connectivity index (χ3n) is 2.14. The van der Waals surface area contributed by atoms with Crippen LogP contribution in [0.1, 0.15) is 12.5 Å². The molecule has 2 aromatic rings. The van der Waals surface area contributed by atoms with Gasteiger partial charge in [0.25, 0.3) is 0 Å². The second-order valence-corrected chi connectivity index (χ2v) is 3.29. The molecule has 0 atom stereocenters. The number of para-hydroxylation sites is 1. The van der Waals surface area contributed by atoms with Gasteiger partial charge >= 0.3 is 0 Å². The molecular formula is C10H10ClN3. The summed E-state index contributed by atoms with van der Waals surface area (Å²) < 4.78 is 1.78. The van der Waals surface area contributed by atoms with E-state index in [0.717, 1.165) is 12.1 Å². The Hall–Kier alpha value is -1.35. The zero-order chi connectivity index (χ0) is 9.97. The number of benzene rings is 1. The maximum absolute atomic E-state index is 5.89. The molecule has 0 aliphatic carbocycles. The Morgan fingerprint density at radius 2 is 2.14 bits per heavy atom. The van der Waals surface area contributed by atoms with E-state index in [-0.39, 0.29) is 0 Å². The normalized spacial score (nSPS) is 10.4. The standard InChI is InChI=1S/C10H10ClN3/c1-2-8-5-3-4-6-9(8)14-7-12-13-10(14)11/h3-7H,2H2,1H3. The van der Waals surface area contributed by atoms with Crippen LogP contribution in [0.4, 0.5) is 0 Å². The van der Waals surface area contributed by atoms with E-state index >= 15 is 0 Å². The summed E-state index contributed by atoms with van der Waals surface area (Å²) in [5.41, 5.74) is 2.28.